The fourth-order valence-electron chi connectivity index (χ4n) is 7.86. The van der Waals surface area contributed by atoms with Crippen molar-refractivity contribution >= 4 is 97.0 Å². The van der Waals surface area contributed by atoms with Crippen LogP contribution in [0, 0.1) is 0 Å². The Hall–Kier alpha value is -7.98. The quantitative estimate of drug-likeness (QED) is 0.0402. The molecule has 0 radical (unpaired) electrons. The van der Waals surface area contributed by atoms with Crippen molar-refractivity contribution in [3.05, 3.63) is 141 Å². The second-order valence-corrected chi connectivity index (χ2v) is 18.2. The number of nitrogen functional groups attached to an aromatic ring is 1. The summed E-state index contributed by atoms with van der Waals surface area (Å²) in [6.45, 7) is 3.81. The molecule has 2 fully saturated rings. The van der Waals surface area contributed by atoms with Crippen LogP contribution in [0.15, 0.2) is 103 Å². The standard InChI is InChI=1S/C27H26ClN3O6.C24H25N5O6S/c1-15(19-9-5-7-16-6-3-4-8-20(16)19)29-25(33)21-14-18(28)12-10-17(21)11-13-22(32)30-31-26(34)23-24(37-23)27(35)36-2;1-12(14-4-3-5-17-15(14)8-9-36-17)27-22(31)16-10-18(25)26-11-13(16)6-7-19(30)28-29-23(32)20-21(35-20)24(33)34-2/h3-10,12,14-15,23-24H,11,13H2,1-2H3,(H,29,33)(H,30,32)(H,31,34);3-5,8-12,20-21H,6-7H2,1-2H3,(H2,25,26)(H,27,31)(H,28,30)(H,29,32). The molecule has 0 saturated carbocycles. The molecule has 4 aromatic carbocycles. The fraction of sp³-hybridized carbons (Fsp3) is 0.275. The molecule has 2 saturated heterocycles. The molecule has 8 rings (SSSR count). The number of methoxy groups -OCH3 is 2. The Morgan fingerprint density at radius 1 is 0.644 bits per heavy atom. The number of epoxide rings is 2. The predicted molar refractivity (Wildman–Crippen MR) is 268 cm³/mol. The van der Waals surface area contributed by atoms with Gasteiger partial charge in [0, 0.05) is 39.9 Å². The number of ether oxygens (including phenoxy) is 4. The molecule has 8 N–H and O–H groups in total. The number of carbonyl (C=O) groups excluding carboxylic acids is 8. The topological polar surface area (TPSA) is 291 Å². The molecule has 6 aromatic rings. The Kier molecular flexibility index (Phi) is 17.3. The minimum Gasteiger partial charge on any atom is -0.467 e. The average Bonchev–Trinajstić information content (AvgIpc) is 4.33. The largest absolute Gasteiger partial charge is 0.467 e. The van der Waals surface area contributed by atoms with Crippen LogP contribution in [0.4, 0.5) is 5.82 Å². The lowest BCUT2D eigenvalue weighted by molar-refractivity contribution is -0.142. The number of nitrogens with one attached hydrogen (secondary N) is 6. The minimum atomic E-state index is -1.00. The van der Waals surface area contributed by atoms with E-state index < -0.39 is 60.0 Å². The van der Waals surface area contributed by atoms with Crippen molar-refractivity contribution in [3.63, 3.8) is 0 Å². The van der Waals surface area contributed by atoms with E-state index in [1.165, 1.54) is 26.5 Å². The predicted octanol–water partition coefficient (Wildman–Crippen LogP) is 4.39. The first kappa shape index (κ1) is 52.8. The zero-order valence-electron chi connectivity index (χ0n) is 39.8. The summed E-state index contributed by atoms with van der Waals surface area (Å²) in [6, 6.07) is 27.7. The van der Waals surface area contributed by atoms with Gasteiger partial charge in [-0.3, -0.25) is 50.5 Å². The lowest BCUT2D eigenvalue weighted by atomic mass is 9.98. The number of nitrogens with two attached hydrogens (primary N) is 1. The lowest BCUT2D eigenvalue weighted by Crippen LogP contribution is -2.44. The SMILES string of the molecule is COC(=O)C1OC1C(=O)NNC(=O)CCc1ccc(Cl)cc1C(=O)NC(C)c1cccc2ccccc12.COC(=O)C1OC1C(=O)NNC(=O)CCc1cnc(N)cc1C(=O)NC(C)c1cccc2sccc12. The van der Waals surface area contributed by atoms with E-state index in [2.05, 4.69) is 46.8 Å². The van der Waals surface area contributed by atoms with E-state index in [0.29, 0.717) is 27.3 Å². The van der Waals surface area contributed by atoms with Gasteiger partial charge in [-0.25, -0.2) is 14.6 Å². The average molecular weight is 1040 g/mol. The van der Waals surface area contributed by atoms with E-state index >= 15 is 0 Å². The third kappa shape index (κ3) is 13.5. The first-order valence-electron chi connectivity index (χ1n) is 22.8. The van der Waals surface area contributed by atoms with Crippen molar-refractivity contribution in [3.8, 4) is 0 Å². The Morgan fingerprint density at radius 3 is 1.78 bits per heavy atom. The molecule has 6 atom stereocenters. The number of esters is 2. The van der Waals surface area contributed by atoms with E-state index in [0.717, 1.165) is 32.0 Å². The van der Waals surface area contributed by atoms with Crippen LogP contribution in [-0.2, 0) is 60.6 Å². The molecule has 2 aliphatic rings. The second kappa shape index (κ2) is 24.0. The molecular weight excluding hydrogens is 984 g/mol. The number of hydrazine groups is 2. The molecule has 0 spiro atoms. The van der Waals surface area contributed by atoms with Crippen molar-refractivity contribution in [1.82, 2.24) is 37.3 Å². The van der Waals surface area contributed by atoms with E-state index in [9.17, 15) is 38.4 Å². The van der Waals surface area contributed by atoms with Gasteiger partial charge in [0.05, 0.1) is 26.3 Å². The maximum atomic E-state index is 13.2. The van der Waals surface area contributed by atoms with Crippen LogP contribution >= 0.6 is 22.9 Å². The van der Waals surface area contributed by atoms with Crippen LogP contribution in [0.1, 0.15) is 81.7 Å². The van der Waals surface area contributed by atoms with Gasteiger partial charge in [0.15, 0.2) is 24.4 Å². The molecular formula is C51H51ClN8O12S. The summed E-state index contributed by atoms with van der Waals surface area (Å²) in [4.78, 5) is 102. The summed E-state index contributed by atoms with van der Waals surface area (Å²) in [5.41, 5.74) is 18.6. The number of fused-ring (bicyclic) bond motifs is 2. The summed E-state index contributed by atoms with van der Waals surface area (Å²) < 4.78 is 20.0. The van der Waals surface area contributed by atoms with Crippen LogP contribution < -0.4 is 38.1 Å². The minimum absolute atomic E-state index is 0.00692. The number of amides is 6. The zero-order chi connectivity index (χ0) is 52.3. The summed E-state index contributed by atoms with van der Waals surface area (Å²) in [7, 11) is 2.38. The van der Waals surface area contributed by atoms with Crippen molar-refractivity contribution in [2.75, 3.05) is 20.0 Å². The first-order valence-corrected chi connectivity index (χ1v) is 24.0. The summed E-state index contributed by atoms with van der Waals surface area (Å²) in [5, 5.41) is 11.6. The van der Waals surface area contributed by atoms with Gasteiger partial charge in [-0.15, -0.1) is 11.3 Å². The monoisotopic (exact) mass is 1030 g/mol. The summed E-state index contributed by atoms with van der Waals surface area (Å²) in [5.74, 6) is -4.09. The fourth-order valence-corrected chi connectivity index (χ4v) is 8.85. The molecule has 0 aliphatic carbocycles. The van der Waals surface area contributed by atoms with Crippen molar-refractivity contribution < 1.29 is 57.3 Å². The van der Waals surface area contributed by atoms with E-state index in [1.54, 1.807) is 29.5 Å². The number of halogens is 1. The van der Waals surface area contributed by atoms with Gasteiger partial charge in [-0.05, 0) is 101 Å². The number of nitrogens with zero attached hydrogens (tertiary/aromatic N) is 1. The van der Waals surface area contributed by atoms with E-state index in [-0.39, 0.29) is 55.4 Å². The molecule has 2 aliphatic heterocycles. The highest BCUT2D eigenvalue weighted by atomic mass is 35.5. The molecule has 4 heterocycles. The summed E-state index contributed by atoms with van der Waals surface area (Å²) >= 11 is 7.80. The highest BCUT2D eigenvalue weighted by Crippen LogP contribution is 2.30. The van der Waals surface area contributed by atoms with Crippen LogP contribution in [0.3, 0.4) is 0 Å². The Morgan fingerprint density at radius 2 is 1.18 bits per heavy atom. The van der Waals surface area contributed by atoms with Crippen molar-refractivity contribution in [2.45, 2.75) is 76.0 Å². The first-order chi connectivity index (χ1) is 35.1. The number of aromatic nitrogens is 1. The number of benzene rings is 4. The maximum Gasteiger partial charge on any atom is 0.338 e. The normalized spacial score (nSPS) is 17.1. The van der Waals surface area contributed by atoms with E-state index in [1.807, 2.05) is 86.0 Å². The highest BCUT2D eigenvalue weighted by Gasteiger charge is 2.52. The molecule has 6 unspecified atom stereocenters. The number of carbonyl (C=O) groups is 8. The van der Waals surface area contributed by atoms with Crippen LogP contribution in [0.25, 0.3) is 20.9 Å². The van der Waals surface area contributed by atoms with Gasteiger partial charge in [0.1, 0.15) is 5.82 Å². The number of pyridine rings is 1. The Labute approximate surface area is 426 Å². The van der Waals surface area contributed by atoms with Gasteiger partial charge in [0.2, 0.25) is 11.8 Å². The van der Waals surface area contributed by atoms with E-state index in [4.69, 9.17) is 26.8 Å². The van der Waals surface area contributed by atoms with Gasteiger partial charge < -0.3 is 35.3 Å². The van der Waals surface area contributed by atoms with Gasteiger partial charge in [0.25, 0.3) is 23.6 Å². The number of thiophene rings is 1. The van der Waals surface area contributed by atoms with Crippen LogP contribution in [0.5, 0.6) is 0 Å². The second-order valence-electron chi connectivity index (χ2n) is 16.8. The number of aryl methyl sites for hydroxylation is 2. The third-order valence-electron chi connectivity index (χ3n) is 11.8. The Bertz CT molecular complexity index is 3090. The Balaban J connectivity index is 0.000000214. The molecule has 0 bridgehead atoms. The maximum absolute atomic E-state index is 13.2. The van der Waals surface area contributed by atoms with Crippen molar-refractivity contribution in [2.24, 2.45) is 0 Å². The number of hydrogen-bond donors (Lipinski definition) is 7. The van der Waals surface area contributed by atoms with Gasteiger partial charge in [-0.2, -0.15) is 0 Å². The zero-order valence-corrected chi connectivity index (χ0v) is 41.4. The molecule has 2 aromatic heterocycles. The molecule has 22 heteroatoms. The molecule has 380 valence electrons. The van der Waals surface area contributed by atoms with Crippen LogP contribution in [0.2, 0.25) is 5.02 Å². The van der Waals surface area contributed by atoms with Crippen molar-refractivity contribution in [1.29, 1.82) is 0 Å². The van der Waals surface area contributed by atoms with Gasteiger partial charge >= 0.3 is 11.9 Å². The number of anilines is 1. The molecule has 73 heavy (non-hydrogen) atoms. The number of hydrogen-bond acceptors (Lipinski definition) is 15. The number of rotatable bonds is 16. The third-order valence-corrected chi connectivity index (χ3v) is 12.9. The van der Waals surface area contributed by atoms with Crippen LogP contribution in [-0.4, -0.2) is 91.0 Å². The smallest absolute Gasteiger partial charge is 0.338 e. The lowest BCUT2D eigenvalue weighted by Gasteiger charge is -2.18. The summed E-state index contributed by atoms with van der Waals surface area (Å²) in [6.07, 6.45) is -2.12. The molecule has 6 amide bonds. The highest BCUT2D eigenvalue weighted by molar-refractivity contribution is 7.17. The van der Waals surface area contributed by atoms with Gasteiger partial charge in [-0.1, -0.05) is 72.3 Å². The molecule has 20 nitrogen and oxygen atoms in total.